The van der Waals surface area contributed by atoms with Gasteiger partial charge in [0.25, 0.3) is 0 Å². The molecule has 1 atom stereocenters. The van der Waals surface area contributed by atoms with Gasteiger partial charge in [0.05, 0.1) is 11.3 Å². The van der Waals surface area contributed by atoms with Crippen molar-refractivity contribution in [2.24, 2.45) is 0 Å². The van der Waals surface area contributed by atoms with Gasteiger partial charge in [0, 0.05) is 25.7 Å². The molecule has 3 heterocycles. The van der Waals surface area contributed by atoms with E-state index in [0.29, 0.717) is 26.1 Å². The Balaban J connectivity index is 1.63. The zero-order valence-electron chi connectivity index (χ0n) is 15.0. The maximum absolute atomic E-state index is 12.5. The Morgan fingerprint density at radius 2 is 2.04 bits per heavy atom. The van der Waals surface area contributed by atoms with Crippen molar-refractivity contribution in [3.63, 3.8) is 0 Å². The molecular formula is C15H26N6O3S. The topological polar surface area (TPSA) is 100 Å². The first-order valence-electron chi connectivity index (χ1n) is 8.64. The number of carbonyl (C=O) groups excluding carboxylic acids is 1. The van der Waals surface area contributed by atoms with Crippen molar-refractivity contribution in [2.75, 3.05) is 30.7 Å². The molecule has 0 aliphatic carbocycles. The molecule has 0 bridgehead atoms. The molecule has 1 aromatic heterocycles. The van der Waals surface area contributed by atoms with E-state index in [-0.39, 0.29) is 29.3 Å². The number of likely N-dealkylation sites (tertiary alicyclic amines) is 1. The lowest BCUT2D eigenvalue weighted by Crippen LogP contribution is -2.51. The largest absolute Gasteiger partial charge is 0.324 e. The summed E-state index contributed by atoms with van der Waals surface area (Å²) in [4.78, 5) is 18.3. The van der Waals surface area contributed by atoms with Crippen LogP contribution < -0.4 is 5.32 Å². The minimum atomic E-state index is -3.16. The molecule has 2 saturated heterocycles. The van der Waals surface area contributed by atoms with Crippen LogP contribution in [0.25, 0.3) is 0 Å². The first-order chi connectivity index (χ1) is 11.7. The zero-order chi connectivity index (χ0) is 18.2. The fourth-order valence-electron chi connectivity index (χ4n) is 3.26. The summed E-state index contributed by atoms with van der Waals surface area (Å²) < 4.78 is 27.5. The van der Waals surface area contributed by atoms with Gasteiger partial charge < -0.3 is 4.90 Å². The summed E-state index contributed by atoms with van der Waals surface area (Å²) in [6.07, 6.45) is 3.83. The number of piperidine rings is 1. The van der Waals surface area contributed by atoms with E-state index in [0.717, 1.165) is 12.8 Å². The Morgan fingerprint density at radius 3 is 2.64 bits per heavy atom. The lowest BCUT2D eigenvalue weighted by Gasteiger charge is -2.36. The number of carbonyl (C=O) groups is 1. The van der Waals surface area contributed by atoms with Gasteiger partial charge in [-0.05, 0) is 40.0 Å². The number of nitrogens with one attached hydrogen (secondary N) is 1. The van der Waals surface area contributed by atoms with Crippen molar-refractivity contribution in [1.29, 1.82) is 0 Å². The second-order valence-electron chi connectivity index (χ2n) is 7.64. The molecular weight excluding hydrogens is 344 g/mol. The van der Waals surface area contributed by atoms with Gasteiger partial charge >= 0.3 is 6.03 Å². The van der Waals surface area contributed by atoms with Crippen LogP contribution in [-0.4, -0.2) is 69.8 Å². The number of hydrogen-bond donors (Lipinski definition) is 1. The molecule has 25 heavy (non-hydrogen) atoms. The second-order valence-corrected chi connectivity index (χ2v) is 9.68. The van der Waals surface area contributed by atoms with Crippen molar-refractivity contribution in [3.05, 3.63) is 6.33 Å². The van der Waals surface area contributed by atoms with Crippen LogP contribution in [0.15, 0.2) is 6.33 Å². The van der Waals surface area contributed by atoms with Crippen LogP contribution in [0.1, 0.15) is 40.0 Å². The summed E-state index contributed by atoms with van der Waals surface area (Å²) in [5, 5.41) is 6.99. The van der Waals surface area contributed by atoms with Crippen LogP contribution in [-0.2, 0) is 15.6 Å². The van der Waals surface area contributed by atoms with Crippen LogP contribution in [0.5, 0.6) is 0 Å². The minimum Gasteiger partial charge on any atom is -0.323 e. The third-order valence-electron chi connectivity index (χ3n) is 4.63. The molecule has 10 heteroatoms. The summed E-state index contributed by atoms with van der Waals surface area (Å²) in [5.74, 6) is 0.472. The van der Waals surface area contributed by atoms with Crippen LogP contribution in [0, 0.1) is 0 Å². The van der Waals surface area contributed by atoms with E-state index in [1.807, 2.05) is 20.8 Å². The van der Waals surface area contributed by atoms with Crippen LogP contribution in [0.4, 0.5) is 10.7 Å². The van der Waals surface area contributed by atoms with Gasteiger partial charge in [0.2, 0.25) is 16.0 Å². The quantitative estimate of drug-likeness (QED) is 0.839. The van der Waals surface area contributed by atoms with Gasteiger partial charge in [-0.1, -0.05) is 0 Å². The van der Waals surface area contributed by atoms with E-state index in [4.69, 9.17) is 0 Å². The summed E-state index contributed by atoms with van der Waals surface area (Å²) >= 11 is 0. The minimum absolute atomic E-state index is 0.132. The van der Waals surface area contributed by atoms with Crippen molar-refractivity contribution in [1.82, 2.24) is 24.0 Å². The number of urea groups is 1. The number of nitrogens with zero attached hydrogens (tertiary/aromatic N) is 5. The van der Waals surface area contributed by atoms with E-state index >= 15 is 0 Å². The van der Waals surface area contributed by atoms with E-state index in [1.54, 1.807) is 20.2 Å². The highest BCUT2D eigenvalue weighted by atomic mass is 32.2. The van der Waals surface area contributed by atoms with Crippen molar-refractivity contribution >= 4 is 22.0 Å². The lowest BCUT2D eigenvalue weighted by atomic mass is 10.1. The van der Waals surface area contributed by atoms with Gasteiger partial charge in [-0.25, -0.2) is 22.9 Å². The fourth-order valence-corrected chi connectivity index (χ4v) is 5.02. The van der Waals surface area contributed by atoms with Crippen molar-refractivity contribution < 1.29 is 13.2 Å². The zero-order valence-corrected chi connectivity index (χ0v) is 15.8. The average molecular weight is 370 g/mol. The van der Waals surface area contributed by atoms with Gasteiger partial charge in [-0.2, -0.15) is 4.31 Å². The summed E-state index contributed by atoms with van der Waals surface area (Å²) in [6, 6.07) is -0.417. The molecule has 0 aromatic carbocycles. The highest BCUT2D eigenvalue weighted by molar-refractivity contribution is 7.89. The summed E-state index contributed by atoms with van der Waals surface area (Å²) in [7, 11) is -3.16. The molecule has 1 N–H and O–H groups in total. The normalized spacial score (nSPS) is 24.4. The number of amides is 2. The lowest BCUT2D eigenvalue weighted by molar-refractivity contribution is 0.163. The molecule has 2 aliphatic rings. The molecule has 2 amide bonds. The van der Waals surface area contributed by atoms with E-state index in [9.17, 15) is 13.2 Å². The van der Waals surface area contributed by atoms with Crippen molar-refractivity contribution in [2.45, 2.75) is 51.6 Å². The van der Waals surface area contributed by atoms with Gasteiger partial charge in [-0.15, -0.1) is 5.10 Å². The predicted molar refractivity (Wildman–Crippen MR) is 93.7 cm³/mol. The van der Waals surface area contributed by atoms with Gasteiger partial charge in [-0.3, -0.25) is 5.32 Å². The summed E-state index contributed by atoms with van der Waals surface area (Å²) in [5.41, 5.74) is -0.212. The number of sulfonamides is 1. The first kappa shape index (κ1) is 18.1. The molecule has 0 spiro atoms. The Kier molecular flexibility index (Phi) is 4.76. The standard InChI is InChI=1S/C15H26N6O3S/c1-15(2,3)21-11-16-13(18-21)17-14(22)19-7-4-6-12(10-19)20-8-5-9-25(20,23)24/h11-12H,4-10H2,1-3H3,(H,17,18,22). The maximum Gasteiger partial charge on any atom is 0.324 e. The smallest absolute Gasteiger partial charge is 0.323 e. The molecule has 1 aromatic rings. The molecule has 140 valence electrons. The number of rotatable bonds is 2. The molecule has 9 nitrogen and oxygen atoms in total. The fraction of sp³-hybridized carbons (Fsp3) is 0.800. The highest BCUT2D eigenvalue weighted by Gasteiger charge is 2.37. The Hall–Kier alpha value is -1.68. The van der Waals surface area contributed by atoms with Gasteiger partial charge in [0.1, 0.15) is 6.33 Å². The van der Waals surface area contributed by atoms with E-state index in [2.05, 4.69) is 15.4 Å². The monoisotopic (exact) mass is 370 g/mol. The Bertz CT molecular complexity index is 739. The van der Waals surface area contributed by atoms with Crippen LogP contribution in [0.3, 0.4) is 0 Å². The third kappa shape index (κ3) is 3.95. The number of anilines is 1. The SMILES string of the molecule is CC(C)(C)n1cnc(NC(=O)N2CCCC(N3CCCS3(=O)=O)C2)n1. The molecule has 0 saturated carbocycles. The number of aromatic nitrogens is 3. The molecule has 0 radical (unpaired) electrons. The van der Waals surface area contributed by atoms with Gasteiger partial charge in [0.15, 0.2) is 0 Å². The average Bonchev–Trinajstić information content (AvgIpc) is 3.13. The first-order valence-corrected chi connectivity index (χ1v) is 10.3. The number of hydrogen-bond acceptors (Lipinski definition) is 5. The Labute approximate surface area is 148 Å². The molecule has 3 rings (SSSR count). The molecule has 2 fully saturated rings. The third-order valence-corrected chi connectivity index (χ3v) is 6.63. The Morgan fingerprint density at radius 1 is 1.28 bits per heavy atom. The molecule has 2 aliphatic heterocycles. The molecule has 1 unspecified atom stereocenters. The second kappa shape index (κ2) is 6.56. The van der Waals surface area contributed by atoms with E-state index < -0.39 is 10.0 Å². The van der Waals surface area contributed by atoms with Crippen LogP contribution >= 0.6 is 0 Å². The van der Waals surface area contributed by atoms with Crippen molar-refractivity contribution in [3.8, 4) is 0 Å². The maximum atomic E-state index is 12.5. The van der Waals surface area contributed by atoms with Crippen LogP contribution in [0.2, 0.25) is 0 Å². The highest BCUT2D eigenvalue weighted by Crippen LogP contribution is 2.24. The van der Waals surface area contributed by atoms with E-state index in [1.165, 1.54) is 0 Å². The summed E-state index contributed by atoms with van der Waals surface area (Å²) in [6.45, 7) is 7.57. The predicted octanol–water partition coefficient (Wildman–Crippen LogP) is 1.06.